The second-order valence-corrected chi connectivity index (χ2v) is 5.55. The quantitative estimate of drug-likeness (QED) is 0.731. The Morgan fingerprint density at radius 1 is 1.53 bits per heavy atom. The van der Waals surface area contributed by atoms with Gasteiger partial charge >= 0.3 is 0 Å². The molecule has 2 fully saturated rings. The first-order chi connectivity index (χ1) is 7.19. The number of hydrogen-bond donors (Lipinski definition) is 1. The molecule has 2 nitrogen and oxygen atoms in total. The molecular formula is C12H21NOS. The van der Waals surface area contributed by atoms with Crippen molar-refractivity contribution in [3.63, 3.8) is 0 Å². The summed E-state index contributed by atoms with van der Waals surface area (Å²) in [4.78, 5) is 14.1. The van der Waals surface area contributed by atoms with Crippen molar-refractivity contribution in [3.8, 4) is 0 Å². The summed E-state index contributed by atoms with van der Waals surface area (Å²) < 4.78 is 0. The molecule has 1 aliphatic carbocycles. The molecule has 0 spiro atoms. The lowest BCUT2D eigenvalue weighted by molar-refractivity contribution is -0.131. The van der Waals surface area contributed by atoms with Crippen LogP contribution in [0.5, 0.6) is 0 Å². The Labute approximate surface area is 97.8 Å². The van der Waals surface area contributed by atoms with Gasteiger partial charge in [0, 0.05) is 19.5 Å². The molecule has 0 N–H and O–H groups in total. The molecule has 1 heterocycles. The first-order valence-electron chi connectivity index (χ1n) is 6.08. The van der Waals surface area contributed by atoms with Crippen LogP contribution in [-0.2, 0) is 4.79 Å². The maximum absolute atomic E-state index is 12.0. The van der Waals surface area contributed by atoms with Crippen molar-refractivity contribution in [1.82, 2.24) is 4.90 Å². The lowest BCUT2D eigenvalue weighted by atomic mass is 10.0. The van der Waals surface area contributed by atoms with E-state index in [1.165, 1.54) is 25.7 Å². The third-order valence-electron chi connectivity index (χ3n) is 4.03. The molecule has 86 valence electrons. The van der Waals surface area contributed by atoms with Gasteiger partial charge in [0.05, 0.1) is 0 Å². The van der Waals surface area contributed by atoms with E-state index < -0.39 is 0 Å². The Bertz CT molecular complexity index is 250. The fourth-order valence-corrected chi connectivity index (χ4v) is 2.82. The highest BCUT2D eigenvalue weighted by Gasteiger charge is 2.44. The maximum Gasteiger partial charge on any atom is 0.223 e. The van der Waals surface area contributed by atoms with Crippen molar-refractivity contribution in [3.05, 3.63) is 0 Å². The van der Waals surface area contributed by atoms with E-state index in [1.807, 2.05) is 0 Å². The smallest absolute Gasteiger partial charge is 0.223 e. The van der Waals surface area contributed by atoms with Crippen molar-refractivity contribution in [2.75, 3.05) is 18.8 Å². The molecule has 15 heavy (non-hydrogen) atoms. The summed E-state index contributed by atoms with van der Waals surface area (Å²) in [7, 11) is 0. The van der Waals surface area contributed by atoms with Crippen molar-refractivity contribution < 1.29 is 4.79 Å². The zero-order chi connectivity index (χ0) is 10.9. The highest BCUT2D eigenvalue weighted by atomic mass is 32.1. The summed E-state index contributed by atoms with van der Waals surface area (Å²) in [5, 5.41) is 0. The lowest BCUT2D eigenvalue weighted by Gasteiger charge is -2.19. The summed E-state index contributed by atoms with van der Waals surface area (Å²) >= 11 is 4.35. The van der Waals surface area contributed by atoms with Crippen LogP contribution in [0.1, 0.15) is 39.0 Å². The van der Waals surface area contributed by atoms with E-state index in [-0.39, 0.29) is 5.41 Å². The molecule has 0 aromatic carbocycles. The van der Waals surface area contributed by atoms with Crippen molar-refractivity contribution >= 4 is 18.5 Å². The van der Waals surface area contributed by atoms with E-state index in [4.69, 9.17) is 0 Å². The van der Waals surface area contributed by atoms with Gasteiger partial charge in [-0.25, -0.2) is 0 Å². The van der Waals surface area contributed by atoms with Gasteiger partial charge in [-0.1, -0.05) is 13.3 Å². The molecule has 1 saturated carbocycles. The lowest BCUT2D eigenvalue weighted by Crippen LogP contribution is -2.31. The molecule has 2 aliphatic rings. The molecular weight excluding hydrogens is 206 g/mol. The van der Waals surface area contributed by atoms with E-state index in [0.29, 0.717) is 5.91 Å². The SMILES string of the molecule is CCC1CCN(C(=O)CC2(CS)CC2)C1. The van der Waals surface area contributed by atoms with E-state index in [1.54, 1.807) is 0 Å². The normalized spacial score (nSPS) is 28.1. The van der Waals surface area contributed by atoms with Crippen LogP contribution >= 0.6 is 12.6 Å². The van der Waals surface area contributed by atoms with Crippen LogP contribution in [0, 0.1) is 11.3 Å². The second-order valence-electron chi connectivity index (χ2n) is 5.24. The number of carbonyl (C=O) groups is 1. The maximum atomic E-state index is 12.0. The van der Waals surface area contributed by atoms with Crippen molar-refractivity contribution in [2.24, 2.45) is 11.3 Å². The van der Waals surface area contributed by atoms with E-state index >= 15 is 0 Å². The number of carbonyl (C=O) groups excluding carboxylic acids is 1. The highest BCUT2D eigenvalue weighted by Crippen LogP contribution is 2.50. The largest absolute Gasteiger partial charge is 0.342 e. The van der Waals surface area contributed by atoms with E-state index in [0.717, 1.165) is 31.2 Å². The molecule has 0 aromatic rings. The summed E-state index contributed by atoms with van der Waals surface area (Å²) in [5.41, 5.74) is 0.282. The molecule has 1 atom stereocenters. The van der Waals surface area contributed by atoms with Crippen LogP contribution < -0.4 is 0 Å². The Kier molecular flexibility index (Phi) is 3.29. The number of hydrogen-bond acceptors (Lipinski definition) is 2. The third kappa shape index (κ3) is 2.49. The Balaban J connectivity index is 1.82. The molecule has 1 unspecified atom stereocenters. The highest BCUT2D eigenvalue weighted by molar-refractivity contribution is 7.80. The van der Waals surface area contributed by atoms with Gasteiger partial charge in [-0.05, 0) is 36.3 Å². The van der Waals surface area contributed by atoms with Crippen molar-refractivity contribution in [1.29, 1.82) is 0 Å². The van der Waals surface area contributed by atoms with Gasteiger partial charge in [0.25, 0.3) is 0 Å². The first-order valence-corrected chi connectivity index (χ1v) is 6.71. The van der Waals surface area contributed by atoms with Crippen LogP contribution in [0.15, 0.2) is 0 Å². The van der Waals surface area contributed by atoms with Crippen molar-refractivity contribution in [2.45, 2.75) is 39.0 Å². The van der Waals surface area contributed by atoms with Gasteiger partial charge in [0.2, 0.25) is 5.91 Å². The number of nitrogens with zero attached hydrogens (tertiary/aromatic N) is 1. The Hall–Kier alpha value is -0.180. The fraction of sp³-hybridized carbons (Fsp3) is 0.917. The number of thiol groups is 1. The van der Waals surface area contributed by atoms with Gasteiger partial charge in [-0.3, -0.25) is 4.79 Å². The predicted octanol–water partition coefficient (Wildman–Crippen LogP) is 2.35. The summed E-state index contributed by atoms with van der Waals surface area (Å²) in [6, 6.07) is 0. The minimum Gasteiger partial charge on any atom is -0.342 e. The average molecular weight is 227 g/mol. The van der Waals surface area contributed by atoms with Crippen LogP contribution in [-0.4, -0.2) is 29.6 Å². The molecule has 0 aromatic heterocycles. The van der Waals surface area contributed by atoms with E-state index in [2.05, 4.69) is 24.5 Å². The van der Waals surface area contributed by atoms with Crippen LogP contribution in [0.3, 0.4) is 0 Å². The van der Waals surface area contributed by atoms with Gasteiger partial charge in [0.15, 0.2) is 0 Å². The van der Waals surface area contributed by atoms with Gasteiger partial charge < -0.3 is 4.90 Å². The zero-order valence-electron chi connectivity index (χ0n) is 9.54. The molecule has 1 aliphatic heterocycles. The van der Waals surface area contributed by atoms with Gasteiger partial charge in [0.1, 0.15) is 0 Å². The number of rotatable bonds is 4. The van der Waals surface area contributed by atoms with Crippen LogP contribution in [0.4, 0.5) is 0 Å². The monoisotopic (exact) mass is 227 g/mol. The third-order valence-corrected chi connectivity index (χ3v) is 4.71. The van der Waals surface area contributed by atoms with Gasteiger partial charge in [-0.15, -0.1) is 0 Å². The molecule has 3 heteroatoms. The number of likely N-dealkylation sites (tertiary alicyclic amines) is 1. The zero-order valence-corrected chi connectivity index (χ0v) is 10.4. The van der Waals surface area contributed by atoms with Crippen LogP contribution in [0.25, 0.3) is 0 Å². The molecule has 2 rings (SSSR count). The summed E-state index contributed by atoms with van der Waals surface area (Å²) in [6.07, 6.45) is 5.56. The Morgan fingerprint density at radius 2 is 2.27 bits per heavy atom. The number of amides is 1. The van der Waals surface area contributed by atoms with E-state index in [9.17, 15) is 4.79 Å². The molecule has 1 amide bonds. The molecule has 0 radical (unpaired) electrons. The van der Waals surface area contributed by atoms with Gasteiger partial charge in [-0.2, -0.15) is 12.6 Å². The first kappa shape index (κ1) is 11.3. The topological polar surface area (TPSA) is 20.3 Å². The fourth-order valence-electron chi connectivity index (χ4n) is 2.39. The minimum absolute atomic E-state index is 0.282. The Morgan fingerprint density at radius 3 is 2.73 bits per heavy atom. The minimum atomic E-state index is 0.282. The molecule has 1 saturated heterocycles. The standard InChI is InChI=1S/C12H21NOS/c1-2-10-3-6-13(8-10)11(14)7-12(9-15)4-5-12/h10,15H,2-9H2,1H3. The average Bonchev–Trinajstić information content (AvgIpc) is 2.85. The summed E-state index contributed by atoms with van der Waals surface area (Å²) in [5.74, 6) is 2.00. The summed E-state index contributed by atoms with van der Waals surface area (Å²) in [6.45, 7) is 4.20. The second kappa shape index (κ2) is 4.36. The molecule has 0 bridgehead atoms. The van der Waals surface area contributed by atoms with Crippen LogP contribution in [0.2, 0.25) is 0 Å². The predicted molar refractivity (Wildman–Crippen MR) is 65.1 cm³/mol.